The Morgan fingerprint density at radius 3 is 2.60 bits per heavy atom. The van der Waals surface area contributed by atoms with Gasteiger partial charge in [0.2, 0.25) is 5.91 Å². The van der Waals surface area contributed by atoms with Gasteiger partial charge in [-0.2, -0.15) is 0 Å². The van der Waals surface area contributed by atoms with Crippen molar-refractivity contribution in [1.29, 1.82) is 0 Å². The molecule has 1 amide bonds. The maximum absolute atomic E-state index is 12.2. The average Bonchev–Trinajstić information content (AvgIpc) is 2.44. The summed E-state index contributed by atoms with van der Waals surface area (Å²) in [7, 11) is 0. The molecule has 1 aliphatic carbocycles. The zero-order valence-corrected chi connectivity index (χ0v) is 12.4. The van der Waals surface area contributed by atoms with E-state index in [9.17, 15) is 9.90 Å². The molecule has 0 radical (unpaired) electrons. The third-order valence-electron chi connectivity index (χ3n) is 4.17. The van der Waals surface area contributed by atoms with Crippen LogP contribution in [-0.4, -0.2) is 23.2 Å². The Bertz CT molecular complexity index is 441. The zero-order valence-electron chi connectivity index (χ0n) is 12.4. The van der Waals surface area contributed by atoms with Gasteiger partial charge >= 0.3 is 0 Å². The lowest BCUT2D eigenvalue weighted by Gasteiger charge is -2.29. The molecule has 110 valence electrons. The molecule has 1 saturated carbocycles. The number of hydrogen-bond donors (Lipinski definition) is 2. The summed E-state index contributed by atoms with van der Waals surface area (Å²) in [6.45, 7) is 4.01. The van der Waals surface area contributed by atoms with Crippen molar-refractivity contribution in [3.8, 4) is 0 Å². The minimum Gasteiger partial charge on any atom is -0.391 e. The average molecular weight is 275 g/mol. The van der Waals surface area contributed by atoms with Crippen molar-refractivity contribution >= 4 is 5.91 Å². The molecule has 3 heteroatoms. The van der Waals surface area contributed by atoms with E-state index in [1.54, 1.807) is 0 Å². The van der Waals surface area contributed by atoms with Gasteiger partial charge in [-0.25, -0.2) is 0 Å². The van der Waals surface area contributed by atoms with E-state index in [2.05, 4.69) is 36.5 Å². The molecule has 0 saturated heterocycles. The Morgan fingerprint density at radius 2 is 1.95 bits per heavy atom. The molecular weight excluding hydrogens is 250 g/mol. The molecule has 0 aromatic heterocycles. The SMILES string of the molecule is Cc1ccc(CC(C)C(=O)NC2CCCCC2O)cc1. The quantitative estimate of drug-likeness (QED) is 0.887. The summed E-state index contributed by atoms with van der Waals surface area (Å²) >= 11 is 0. The van der Waals surface area contributed by atoms with E-state index in [4.69, 9.17) is 0 Å². The maximum atomic E-state index is 12.2. The van der Waals surface area contributed by atoms with Gasteiger partial charge in [-0.1, -0.05) is 49.6 Å². The molecule has 3 nitrogen and oxygen atoms in total. The van der Waals surface area contributed by atoms with E-state index < -0.39 is 0 Å². The lowest BCUT2D eigenvalue weighted by molar-refractivity contribution is -0.126. The number of carbonyl (C=O) groups is 1. The second-order valence-electron chi connectivity index (χ2n) is 6.06. The lowest BCUT2D eigenvalue weighted by Crippen LogP contribution is -2.47. The third kappa shape index (κ3) is 4.07. The van der Waals surface area contributed by atoms with E-state index in [1.165, 1.54) is 11.1 Å². The molecule has 0 bridgehead atoms. The van der Waals surface area contributed by atoms with Gasteiger partial charge in [0.1, 0.15) is 0 Å². The lowest BCUT2D eigenvalue weighted by atomic mass is 9.91. The summed E-state index contributed by atoms with van der Waals surface area (Å²) in [5.74, 6) is -0.0108. The molecular formula is C17H25NO2. The summed E-state index contributed by atoms with van der Waals surface area (Å²) in [5.41, 5.74) is 2.42. The highest BCUT2D eigenvalue weighted by Crippen LogP contribution is 2.19. The van der Waals surface area contributed by atoms with Crippen LogP contribution in [0.2, 0.25) is 0 Å². The highest BCUT2D eigenvalue weighted by molar-refractivity contribution is 5.79. The summed E-state index contributed by atoms with van der Waals surface area (Å²) in [5, 5.41) is 12.9. The molecule has 0 heterocycles. The standard InChI is InChI=1S/C17H25NO2/c1-12-7-9-14(10-8-12)11-13(2)17(20)18-15-5-3-4-6-16(15)19/h7-10,13,15-16,19H,3-6,11H2,1-2H3,(H,18,20). The first kappa shape index (κ1) is 15.0. The maximum Gasteiger partial charge on any atom is 0.223 e. The first-order valence-corrected chi connectivity index (χ1v) is 7.60. The Labute approximate surface area is 121 Å². The van der Waals surface area contributed by atoms with Crippen LogP contribution >= 0.6 is 0 Å². The predicted octanol–water partition coefficient (Wildman–Crippen LogP) is 2.59. The van der Waals surface area contributed by atoms with Crippen LogP contribution in [0.25, 0.3) is 0 Å². The molecule has 1 fully saturated rings. The van der Waals surface area contributed by atoms with E-state index in [-0.39, 0.29) is 24.0 Å². The van der Waals surface area contributed by atoms with Crippen LogP contribution in [-0.2, 0) is 11.2 Å². The fourth-order valence-electron chi connectivity index (χ4n) is 2.78. The second kappa shape index (κ2) is 6.89. The fraction of sp³-hybridized carbons (Fsp3) is 0.588. The van der Waals surface area contributed by atoms with Gasteiger partial charge in [-0.3, -0.25) is 4.79 Å². The zero-order chi connectivity index (χ0) is 14.5. The second-order valence-corrected chi connectivity index (χ2v) is 6.06. The molecule has 1 aromatic rings. The van der Waals surface area contributed by atoms with Gasteiger partial charge in [0.15, 0.2) is 0 Å². The van der Waals surface area contributed by atoms with Crippen LogP contribution in [0.3, 0.4) is 0 Å². The van der Waals surface area contributed by atoms with Crippen molar-refractivity contribution < 1.29 is 9.90 Å². The normalized spacial score (nSPS) is 24.1. The number of aryl methyl sites for hydroxylation is 1. The van der Waals surface area contributed by atoms with Gasteiger partial charge in [0.25, 0.3) is 0 Å². The predicted molar refractivity (Wildman–Crippen MR) is 80.5 cm³/mol. The number of hydrogen-bond acceptors (Lipinski definition) is 2. The van der Waals surface area contributed by atoms with Crippen LogP contribution in [0.1, 0.15) is 43.7 Å². The summed E-state index contributed by atoms with van der Waals surface area (Å²) in [6.07, 6.45) is 4.22. The number of aliphatic hydroxyl groups is 1. The van der Waals surface area contributed by atoms with E-state index in [0.29, 0.717) is 0 Å². The van der Waals surface area contributed by atoms with E-state index >= 15 is 0 Å². The minimum absolute atomic E-state index is 0.0523. The summed E-state index contributed by atoms with van der Waals surface area (Å²) in [4.78, 5) is 12.2. The summed E-state index contributed by atoms with van der Waals surface area (Å²) < 4.78 is 0. The number of nitrogens with one attached hydrogen (secondary N) is 1. The molecule has 0 spiro atoms. The molecule has 3 atom stereocenters. The van der Waals surface area contributed by atoms with Gasteiger partial charge in [-0.05, 0) is 31.7 Å². The number of carbonyl (C=O) groups excluding carboxylic acids is 1. The van der Waals surface area contributed by atoms with E-state index in [0.717, 1.165) is 32.1 Å². The fourth-order valence-corrected chi connectivity index (χ4v) is 2.78. The Hall–Kier alpha value is -1.35. The largest absolute Gasteiger partial charge is 0.391 e. The van der Waals surface area contributed by atoms with Crippen molar-refractivity contribution in [3.63, 3.8) is 0 Å². The van der Waals surface area contributed by atoms with Gasteiger partial charge in [0, 0.05) is 5.92 Å². The highest BCUT2D eigenvalue weighted by atomic mass is 16.3. The van der Waals surface area contributed by atoms with Crippen LogP contribution in [0.15, 0.2) is 24.3 Å². The monoisotopic (exact) mass is 275 g/mol. The van der Waals surface area contributed by atoms with Crippen molar-refractivity contribution in [2.75, 3.05) is 0 Å². The molecule has 1 aliphatic rings. The molecule has 1 aromatic carbocycles. The Kier molecular flexibility index (Phi) is 5.18. The van der Waals surface area contributed by atoms with Crippen LogP contribution in [0.4, 0.5) is 0 Å². The Morgan fingerprint density at radius 1 is 1.30 bits per heavy atom. The molecule has 2 rings (SSSR count). The van der Waals surface area contributed by atoms with Crippen molar-refractivity contribution in [2.24, 2.45) is 5.92 Å². The van der Waals surface area contributed by atoms with Crippen LogP contribution < -0.4 is 5.32 Å². The smallest absolute Gasteiger partial charge is 0.223 e. The number of amides is 1. The number of rotatable bonds is 4. The summed E-state index contributed by atoms with van der Waals surface area (Å²) in [6, 6.07) is 8.25. The van der Waals surface area contributed by atoms with Crippen molar-refractivity contribution in [1.82, 2.24) is 5.32 Å². The highest BCUT2D eigenvalue weighted by Gasteiger charge is 2.26. The van der Waals surface area contributed by atoms with Crippen LogP contribution in [0.5, 0.6) is 0 Å². The van der Waals surface area contributed by atoms with Gasteiger partial charge in [0.05, 0.1) is 12.1 Å². The Balaban J connectivity index is 1.86. The third-order valence-corrected chi connectivity index (χ3v) is 4.17. The van der Waals surface area contributed by atoms with Gasteiger partial charge < -0.3 is 10.4 Å². The number of benzene rings is 1. The topological polar surface area (TPSA) is 49.3 Å². The minimum atomic E-state index is -0.376. The van der Waals surface area contributed by atoms with Gasteiger partial charge in [-0.15, -0.1) is 0 Å². The first-order chi connectivity index (χ1) is 9.56. The van der Waals surface area contributed by atoms with Crippen molar-refractivity contribution in [3.05, 3.63) is 35.4 Å². The molecule has 2 N–H and O–H groups in total. The molecule has 0 aliphatic heterocycles. The number of aliphatic hydroxyl groups excluding tert-OH is 1. The van der Waals surface area contributed by atoms with Crippen molar-refractivity contribution in [2.45, 2.75) is 58.1 Å². The van der Waals surface area contributed by atoms with E-state index in [1.807, 2.05) is 6.92 Å². The van der Waals surface area contributed by atoms with Crippen LogP contribution in [0, 0.1) is 12.8 Å². The first-order valence-electron chi connectivity index (χ1n) is 7.60. The molecule has 3 unspecified atom stereocenters. The molecule has 20 heavy (non-hydrogen) atoms.